The molecular formula is C22H22N4OS. The monoisotopic (exact) mass is 390 g/mol. The summed E-state index contributed by atoms with van der Waals surface area (Å²) < 4.78 is 5.58. The van der Waals surface area contributed by atoms with Crippen LogP contribution >= 0.6 is 11.3 Å². The lowest BCUT2D eigenvalue weighted by atomic mass is 10.0. The molecule has 142 valence electrons. The molecule has 0 bridgehead atoms. The Labute approximate surface area is 168 Å². The maximum absolute atomic E-state index is 5.58. The number of rotatable bonds is 6. The Morgan fingerprint density at radius 3 is 2.46 bits per heavy atom. The number of pyridine rings is 1. The highest BCUT2D eigenvalue weighted by Crippen LogP contribution is 2.41. The number of aryl methyl sites for hydroxylation is 2. The molecule has 4 rings (SSSR count). The predicted octanol–water partition coefficient (Wildman–Crippen LogP) is 5.38. The minimum atomic E-state index is 0.663. The number of thiophene rings is 1. The van der Waals surface area contributed by atoms with Crippen LogP contribution < -0.4 is 10.1 Å². The number of aromatic nitrogens is 3. The summed E-state index contributed by atoms with van der Waals surface area (Å²) in [6.45, 7) is 7.41. The summed E-state index contributed by atoms with van der Waals surface area (Å²) in [5, 5.41) is 4.58. The smallest absolute Gasteiger partial charge is 0.139 e. The first-order valence-electron chi connectivity index (χ1n) is 9.29. The van der Waals surface area contributed by atoms with Crippen LogP contribution in [0.1, 0.15) is 23.2 Å². The Morgan fingerprint density at radius 1 is 1.00 bits per heavy atom. The largest absolute Gasteiger partial charge is 0.494 e. The second-order valence-corrected chi connectivity index (χ2v) is 7.70. The predicted molar refractivity (Wildman–Crippen MR) is 115 cm³/mol. The van der Waals surface area contributed by atoms with Crippen molar-refractivity contribution in [3.05, 3.63) is 65.1 Å². The number of hydrogen-bond donors (Lipinski definition) is 1. The van der Waals surface area contributed by atoms with Crippen LogP contribution in [0.2, 0.25) is 0 Å². The van der Waals surface area contributed by atoms with Crippen molar-refractivity contribution in [3.63, 3.8) is 0 Å². The minimum absolute atomic E-state index is 0.663. The van der Waals surface area contributed by atoms with Crippen molar-refractivity contribution in [2.75, 3.05) is 11.9 Å². The Hall–Kier alpha value is -2.99. The SMILES string of the molecule is CCOc1ccc(-c2c(C)sc3nc(C)nc(NCc4ccncc4)c23)cc1. The Balaban J connectivity index is 1.77. The summed E-state index contributed by atoms with van der Waals surface area (Å²) in [6, 6.07) is 12.2. The van der Waals surface area contributed by atoms with Crippen molar-refractivity contribution in [1.29, 1.82) is 0 Å². The van der Waals surface area contributed by atoms with Crippen LogP contribution in [0.15, 0.2) is 48.8 Å². The van der Waals surface area contributed by atoms with Crippen LogP contribution in [0.3, 0.4) is 0 Å². The highest BCUT2D eigenvalue weighted by atomic mass is 32.1. The molecule has 0 spiro atoms. The second kappa shape index (κ2) is 7.94. The number of nitrogens with zero attached hydrogens (tertiary/aromatic N) is 3. The molecule has 28 heavy (non-hydrogen) atoms. The average Bonchev–Trinajstić information content (AvgIpc) is 3.03. The first-order chi connectivity index (χ1) is 13.7. The van der Waals surface area contributed by atoms with E-state index in [1.54, 1.807) is 23.7 Å². The second-order valence-electron chi connectivity index (χ2n) is 6.50. The zero-order valence-corrected chi connectivity index (χ0v) is 17.0. The number of nitrogens with one attached hydrogen (secondary N) is 1. The minimum Gasteiger partial charge on any atom is -0.494 e. The van der Waals surface area contributed by atoms with Crippen LogP contribution in [0.4, 0.5) is 5.82 Å². The lowest BCUT2D eigenvalue weighted by Crippen LogP contribution is -2.04. The summed E-state index contributed by atoms with van der Waals surface area (Å²) in [7, 11) is 0. The lowest BCUT2D eigenvalue weighted by Gasteiger charge is -2.11. The Morgan fingerprint density at radius 2 is 1.75 bits per heavy atom. The van der Waals surface area contributed by atoms with E-state index >= 15 is 0 Å². The van der Waals surface area contributed by atoms with E-state index in [9.17, 15) is 0 Å². The van der Waals surface area contributed by atoms with E-state index in [4.69, 9.17) is 9.72 Å². The summed E-state index contributed by atoms with van der Waals surface area (Å²) >= 11 is 1.71. The molecule has 5 nitrogen and oxygen atoms in total. The molecule has 0 aliphatic heterocycles. The summed E-state index contributed by atoms with van der Waals surface area (Å²) in [4.78, 5) is 15.7. The van der Waals surface area contributed by atoms with Gasteiger partial charge in [0.15, 0.2) is 0 Å². The quantitative estimate of drug-likeness (QED) is 0.479. The van der Waals surface area contributed by atoms with Crippen LogP contribution in [0, 0.1) is 13.8 Å². The molecule has 0 atom stereocenters. The molecule has 0 amide bonds. The van der Waals surface area contributed by atoms with Gasteiger partial charge in [-0.3, -0.25) is 4.98 Å². The van der Waals surface area contributed by atoms with Crippen molar-refractivity contribution in [3.8, 4) is 16.9 Å². The third kappa shape index (κ3) is 3.68. The van der Waals surface area contributed by atoms with Crippen LogP contribution in [-0.4, -0.2) is 21.6 Å². The van der Waals surface area contributed by atoms with Crippen molar-refractivity contribution in [1.82, 2.24) is 15.0 Å². The summed E-state index contributed by atoms with van der Waals surface area (Å²) in [5.41, 5.74) is 3.49. The third-order valence-electron chi connectivity index (χ3n) is 4.50. The van der Waals surface area contributed by atoms with Gasteiger partial charge in [0.1, 0.15) is 22.2 Å². The molecule has 0 aliphatic rings. The zero-order chi connectivity index (χ0) is 19.5. The molecule has 3 aromatic heterocycles. The van der Waals surface area contributed by atoms with E-state index in [1.165, 1.54) is 10.4 Å². The van der Waals surface area contributed by atoms with Crippen molar-refractivity contribution >= 4 is 27.4 Å². The molecule has 6 heteroatoms. The summed E-state index contributed by atoms with van der Waals surface area (Å²) in [6.07, 6.45) is 3.61. The van der Waals surface area contributed by atoms with Gasteiger partial charge >= 0.3 is 0 Å². The molecular weight excluding hydrogens is 368 g/mol. The van der Waals surface area contributed by atoms with E-state index < -0.39 is 0 Å². The number of fused-ring (bicyclic) bond motifs is 1. The zero-order valence-electron chi connectivity index (χ0n) is 16.2. The summed E-state index contributed by atoms with van der Waals surface area (Å²) in [5.74, 6) is 2.52. The van der Waals surface area contributed by atoms with E-state index in [2.05, 4.69) is 34.3 Å². The highest BCUT2D eigenvalue weighted by Gasteiger charge is 2.18. The molecule has 1 aromatic carbocycles. The molecule has 3 heterocycles. The van der Waals surface area contributed by atoms with Crippen LogP contribution in [0.5, 0.6) is 5.75 Å². The van der Waals surface area contributed by atoms with Gasteiger partial charge in [-0.25, -0.2) is 9.97 Å². The topological polar surface area (TPSA) is 59.9 Å². The fourth-order valence-electron chi connectivity index (χ4n) is 3.26. The number of ether oxygens (including phenoxy) is 1. The van der Waals surface area contributed by atoms with Gasteiger partial charge in [-0.05, 0) is 56.2 Å². The molecule has 0 saturated carbocycles. The van der Waals surface area contributed by atoms with Gasteiger partial charge in [0.2, 0.25) is 0 Å². The molecule has 0 aliphatic carbocycles. The molecule has 0 radical (unpaired) electrons. The van der Waals surface area contributed by atoms with Gasteiger partial charge in [-0.2, -0.15) is 0 Å². The third-order valence-corrected chi connectivity index (χ3v) is 5.50. The number of hydrogen-bond acceptors (Lipinski definition) is 6. The van der Waals surface area contributed by atoms with E-state index in [1.807, 2.05) is 38.1 Å². The molecule has 0 saturated heterocycles. The standard InChI is InChI=1S/C22H22N4OS/c1-4-27-18-7-5-17(6-8-18)19-14(2)28-22-20(19)21(25-15(3)26-22)24-13-16-9-11-23-12-10-16/h5-12H,4,13H2,1-3H3,(H,24,25,26). The van der Waals surface area contributed by atoms with Gasteiger partial charge in [0, 0.05) is 29.4 Å². The molecule has 1 N–H and O–H groups in total. The van der Waals surface area contributed by atoms with Crippen LogP contribution in [0.25, 0.3) is 21.3 Å². The van der Waals surface area contributed by atoms with Crippen LogP contribution in [-0.2, 0) is 6.54 Å². The lowest BCUT2D eigenvalue weighted by molar-refractivity contribution is 0.340. The normalized spacial score (nSPS) is 11.0. The first-order valence-corrected chi connectivity index (χ1v) is 10.1. The fourth-order valence-corrected chi connectivity index (χ4v) is 4.36. The number of anilines is 1. The van der Waals surface area contributed by atoms with Gasteiger partial charge in [-0.15, -0.1) is 11.3 Å². The maximum atomic E-state index is 5.58. The van der Waals surface area contributed by atoms with Crippen molar-refractivity contribution in [2.45, 2.75) is 27.3 Å². The maximum Gasteiger partial charge on any atom is 0.139 e. The van der Waals surface area contributed by atoms with E-state index in [-0.39, 0.29) is 0 Å². The average molecular weight is 391 g/mol. The molecule has 0 fully saturated rings. The van der Waals surface area contributed by atoms with E-state index in [0.29, 0.717) is 13.2 Å². The van der Waals surface area contributed by atoms with Gasteiger partial charge in [0.05, 0.1) is 12.0 Å². The van der Waals surface area contributed by atoms with Gasteiger partial charge < -0.3 is 10.1 Å². The fraction of sp³-hybridized carbons (Fsp3) is 0.227. The van der Waals surface area contributed by atoms with E-state index in [0.717, 1.165) is 38.7 Å². The molecule has 0 unspecified atom stereocenters. The number of benzene rings is 1. The Kier molecular flexibility index (Phi) is 5.21. The molecule has 4 aromatic rings. The first kappa shape index (κ1) is 18.4. The Bertz CT molecular complexity index is 1090. The van der Waals surface area contributed by atoms with Gasteiger partial charge in [-0.1, -0.05) is 12.1 Å². The van der Waals surface area contributed by atoms with Gasteiger partial charge in [0.25, 0.3) is 0 Å². The van der Waals surface area contributed by atoms with Crippen molar-refractivity contribution in [2.24, 2.45) is 0 Å². The van der Waals surface area contributed by atoms with Crippen molar-refractivity contribution < 1.29 is 4.74 Å². The highest BCUT2D eigenvalue weighted by molar-refractivity contribution is 7.19.